The highest BCUT2D eigenvalue weighted by Crippen LogP contribution is 2.48. The number of amides is 2. The van der Waals surface area contributed by atoms with Gasteiger partial charge in [0.1, 0.15) is 29.9 Å². The van der Waals surface area contributed by atoms with Crippen LogP contribution in [0.2, 0.25) is 0 Å². The Hall–Kier alpha value is -2.25. The summed E-state index contributed by atoms with van der Waals surface area (Å²) in [6.45, 7) is 12.4. The number of aliphatic imine (C=N–C) groups is 1. The average molecular weight is 432 g/mol. The standard InChI is InChI=1S/C24H35N2O5/c1-8-13-24(29)15-26(20(27)30-22(2,3)4,21(28)31-23(5,6)7)14-18-19(24)16-11-9-10-12-17(16)25-18/h9-12,19,29H,8,13-15H2,1-7H3/q+1. The maximum Gasteiger partial charge on any atom is 0.527 e. The zero-order valence-corrected chi connectivity index (χ0v) is 19.7. The fraction of sp³-hybridized carbons (Fsp3) is 0.625. The van der Waals surface area contributed by atoms with Gasteiger partial charge in [-0.05, 0) is 59.6 Å². The largest absolute Gasteiger partial charge is 0.527 e. The number of carbonyl (C=O) groups excluding carboxylic acids is 2. The van der Waals surface area contributed by atoms with E-state index in [1.807, 2.05) is 31.2 Å². The van der Waals surface area contributed by atoms with E-state index < -0.39 is 33.5 Å². The van der Waals surface area contributed by atoms with E-state index in [1.54, 1.807) is 41.5 Å². The van der Waals surface area contributed by atoms with Crippen LogP contribution in [-0.2, 0) is 9.47 Å². The van der Waals surface area contributed by atoms with Gasteiger partial charge in [-0.25, -0.2) is 0 Å². The highest BCUT2D eigenvalue weighted by atomic mass is 16.6. The van der Waals surface area contributed by atoms with Crippen LogP contribution < -0.4 is 0 Å². The van der Waals surface area contributed by atoms with Crippen molar-refractivity contribution in [3.05, 3.63) is 29.8 Å². The van der Waals surface area contributed by atoms with Gasteiger partial charge in [0.05, 0.1) is 17.3 Å². The molecule has 31 heavy (non-hydrogen) atoms. The van der Waals surface area contributed by atoms with E-state index in [2.05, 4.69) is 0 Å². The van der Waals surface area contributed by atoms with Crippen molar-refractivity contribution in [3.63, 3.8) is 0 Å². The summed E-state index contributed by atoms with van der Waals surface area (Å²) in [6.07, 6.45) is -0.358. The molecule has 170 valence electrons. The van der Waals surface area contributed by atoms with Crippen molar-refractivity contribution >= 4 is 23.6 Å². The summed E-state index contributed by atoms with van der Waals surface area (Å²) in [7, 11) is 0. The molecule has 2 amide bonds. The molecule has 0 aromatic heterocycles. The quantitative estimate of drug-likeness (QED) is 0.660. The third kappa shape index (κ3) is 4.53. The lowest BCUT2D eigenvalue weighted by molar-refractivity contribution is -0.790. The third-order valence-electron chi connectivity index (χ3n) is 5.53. The van der Waals surface area contributed by atoms with Crippen molar-refractivity contribution in [1.29, 1.82) is 0 Å². The fourth-order valence-corrected chi connectivity index (χ4v) is 4.54. The maximum absolute atomic E-state index is 13.5. The first-order valence-electron chi connectivity index (χ1n) is 10.9. The predicted molar refractivity (Wildman–Crippen MR) is 119 cm³/mol. The molecule has 7 heteroatoms. The number of imide groups is 1. The molecule has 7 nitrogen and oxygen atoms in total. The van der Waals surface area contributed by atoms with Gasteiger partial charge in [0.2, 0.25) is 0 Å². The number of nitrogens with zero attached hydrogens (tertiary/aromatic N) is 2. The van der Waals surface area contributed by atoms with Crippen molar-refractivity contribution in [2.45, 2.75) is 84.0 Å². The molecule has 2 heterocycles. The zero-order valence-electron chi connectivity index (χ0n) is 19.7. The van der Waals surface area contributed by atoms with E-state index >= 15 is 0 Å². The second-order valence-electron chi connectivity index (χ2n) is 10.7. The number of quaternary nitrogens is 1. The first-order chi connectivity index (χ1) is 14.2. The molecule has 2 atom stereocenters. The van der Waals surface area contributed by atoms with Crippen molar-refractivity contribution < 1.29 is 28.7 Å². The Morgan fingerprint density at radius 3 is 2.16 bits per heavy atom. The molecule has 0 spiro atoms. The third-order valence-corrected chi connectivity index (χ3v) is 5.53. The number of fused-ring (bicyclic) bond motifs is 3. The minimum absolute atomic E-state index is 0.00912. The Balaban J connectivity index is 2.14. The Morgan fingerprint density at radius 1 is 1.10 bits per heavy atom. The number of aliphatic hydroxyl groups is 1. The second-order valence-corrected chi connectivity index (χ2v) is 10.7. The molecule has 0 radical (unpaired) electrons. The van der Waals surface area contributed by atoms with Gasteiger partial charge in [-0.1, -0.05) is 31.5 Å². The van der Waals surface area contributed by atoms with E-state index in [-0.39, 0.29) is 19.0 Å². The number of likely N-dealkylation sites (tertiary alicyclic amines) is 1. The van der Waals surface area contributed by atoms with Gasteiger partial charge in [-0.3, -0.25) is 4.99 Å². The first-order valence-corrected chi connectivity index (χ1v) is 10.9. The first kappa shape index (κ1) is 23.4. The number of para-hydroxylation sites is 1. The van der Waals surface area contributed by atoms with Gasteiger partial charge in [0, 0.05) is 0 Å². The van der Waals surface area contributed by atoms with Crippen LogP contribution in [-0.4, -0.2) is 57.4 Å². The normalized spacial score (nSPS) is 24.6. The van der Waals surface area contributed by atoms with Crippen LogP contribution in [0.3, 0.4) is 0 Å². The summed E-state index contributed by atoms with van der Waals surface area (Å²) in [5.74, 6) is -0.361. The lowest BCUT2D eigenvalue weighted by Gasteiger charge is -2.46. The SMILES string of the molecule is CCCC1(O)C[N+](C(=O)OC(C)(C)C)(C(=O)OC(C)(C)C)CC2=Nc3ccccc3C21. The molecule has 1 N–H and O–H groups in total. The summed E-state index contributed by atoms with van der Waals surface area (Å²) >= 11 is 0. The van der Waals surface area contributed by atoms with E-state index in [9.17, 15) is 14.7 Å². The molecule has 0 aliphatic carbocycles. The maximum atomic E-state index is 13.5. The van der Waals surface area contributed by atoms with Crippen LogP contribution in [0.25, 0.3) is 0 Å². The highest BCUT2D eigenvalue weighted by molar-refractivity contribution is 6.02. The smallest absolute Gasteiger partial charge is 0.414 e. The van der Waals surface area contributed by atoms with Gasteiger partial charge >= 0.3 is 12.2 Å². The van der Waals surface area contributed by atoms with E-state index in [4.69, 9.17) is 14.5 Å². The van der Waals surface area contributed by atoms with Gasteiger partial charge < -0.3 is 14.6 Å². The molecule has 2 unspecified atom stereocenters. The van der Waals surface area contributed by atoms with E-state index in [1.165, 1.54) is 0 Å². The summed E-state index contributed by atoms with van der Waals surface area (Å²) in [6, 6.07) is 7.66. The second kappa shape index (κ2) is 7.71. The number of piperidine rings is 1. The Bertz CT molecular complexity index is 881. The summed E-state index contributed by atoms with van der Waals surface area (Å²) < 4.78 is 10.6. The number of carbonyl (C=O) groups is 2. The average Bonchev–Trinajstić information content (AvgIpc) is 2.97. The fourth-order valence-electron chi connectivity index (χ4n) is 4.54. The summed E-state index contributed by atoms with van der Waals surface area (Å²) in [5.41, 5.74) is -0.633. The Labute approximate surface area is 184 Å². The molecule has 0 bridgehead atoms. The molecule has 0 saturated carbocycles. The van der Waals surface area contributed by atoms with Gasteiger partial charge in [-0.2, -0.15) is 9.59 Å². The number of ether oxygens (including phenoxy) is 2. The lowest BCUT2D eigenvalue weighted by atomic mass is 9.73. The highest BCUT2D eigenvalue weighted by Gasteiger charge is 2.64. The minimum Gasteiger partial charge on any atom is -0.414 e. The minimum atomic E-state index is -1.34. The van der Waals surface area contributed by atoms with Crippen molar-refractivity contribution in [3.8, 4) is 0 Å². The molecule has 1 fully saturated rings. The molecule has 3 rings (SSSR count). The zero-order chi connectivity index (χ0) is 23.2. The molecule has 1 saturated heterocycles. The number of rotatable bonds is 2. The molecule has 1 aromatic carbocycles. The molecule has 2 aliphatic rings. The monoisotopic (exact) mass is 431 g/mol. The summed E-state index contributed by atoms with van der Waals surface area (Å²) in [5, 5.41) is 11.9. The van der Waals surface area contributed by atoms with E-state index in [0.717, 1.165) is 11.3 Å². The van der Waals surface area contributed by atoms with Crippen LogP contribution in [0.5, 0.6) is 0 Å². The van der Waals surface area contributed by atoms with Crippen LogP contribution in [0.15, 0.2) is 29.3 Å². The van der Waals surface area contributed by atoms with Crippen LogP contribution in [0, 0.1) is 0 Å². The van der Waals surface area contributed by atoms with Crippen molar-refractivity contribution in [2.75, 3.05) is 13.1 Å². The molecule has 1 aromatic rings. The Kier molecular flexibility index (Phi) is 5.82. The van der Waals surface area contributed by atoms with Gasteiger partial charge in [-0.15, -0.1) is 4.48 Å². The lowest BCUT2D eigenvalue weighted by Crippen LogP contribution is -2.71. The topological polar surface area (TPSA) is 85.2 Å². The number of hydrogen-bond donors (Lipinski definition) is 1. The van der Waals surface area contributed by atoms with Crippen molar-refractivity contribution in [1.82, 2.24) is 0 Å². The molecular weight excluding hydrogens is 396 g/mol. The van der Waals surface area contributed by atoms with Crippen LogP contribution in [0.4, 0.5) is 15.3 Å². The number of hydrogen-bond acceptors (Lipinski definition) is 6. The predicted octanol–water partition coefficient (Wildman–Crippen LogP) is 5.09. The Morgan fingerprint density at radius 2 is 1.65 bits per heavy atom. The van der Waals surface area contributed by atoms with Gasteiger partial charge in [0.15, 0.2) is 0 Å². The van der Waals surface area contributed by atoms with Crippen molar-refractivity contribution in [2.24, 2.45) is 4.99 Å². The number of benzene rings is 1. The molecule has 2 aliphatic heterocycles. The summed E-state index contributed by atoms with van der Waals surface area (Å²) in [4.78, 5) is 31.7. The van der Waals surface area contributed by atoms with Crippen LogP contribution in [0.1, 0.15) is 72.8 Å². The molecular formula is C24H35N2O5+. The van der Waals surface area contributed by atoms with Gasteiger partial charge in [0.25, 0.3) is 0 Å². The van der Waals surface area contributed by atoms with E-state index in [0.29, 0.717) is 18.6 Å². The van der Waals surface area contributed by atoms with Crippen LogP contribution >= 0.6 is 0 Å².